The quantitative estimate of drug-likeness (QED) is 0.311. The summed E-state index contributed by atoms with van der Waals surface area (Å²) in [7, 11) is 0. The first-order valence-electron chi connectivity index (χ1n) is 13.3. The van der Waals surface area contributed by atoms with E-state index in [0.29, 0.717) is 11.6 Å². The van der Waals surface area contributed by atoms with Crippen molar-refractivity contribution in [2.45, 2.75) is 25.8 Å². The molecule has 2 N–H and O–H groups in total. The summed E-state index contributed by atoms with van der Waals surface area (Å²) in [5.74, 6) is 0.791. The summed E-state index contributed by atoms with van der Waals surface area (Å²) < 4.78 is 1.01. The van der Waals surface area contributed by atoms with Gasteiger partial charge >= 0.3 is 0 Å². The predicted octanol–water partition coefficient (Wildman–Crippen LogP) is 5.64. The summed E-state index contributed by atoms with van der Waals surface area (Å²) in [6.45, 7) is 7.70. The van der Waals surface area contributed by atoms with Gasteiger partial charge in [0, 0.05) is 60.1 Å². The van der Waals surface area contributed by atoms with E-state index in [1.807, 2.05) is 36.4 Å². The summed E-state index contributed by atoms with van der Waals surface area (Å²) in [4.78, 5) is 26.7. The molecule has 1 aliphatic heterocycles. The van der Waals surface area contributed by atoms with E-state index in [0.717, 1.165) is 78.4 Å². The Morgan fingerprint density at radius 1 is 1.00 bits per heavy atom. The number of carbonyl (C=O) groups is 1. The number of carbonyl (C=O) groups excluding carboxylic acids is 1. The van der Waals surface area contributed by atoms with Crippen molar-refractivity contribution in [3.05, 3.63) is 76.9 Å². The Hall–Kier alpha value is -3.75. The van der Waals surface area contributed by atoms with Gasteiger partial charge in [0.1, 0.15) is 6.33 Å². The Labute approximate surface area is 227 Å². The number of amides is 1. The monoisotopic (exact) mass is 524 g/mol. The van der Waals surface area contributed by atoms with Gasteiger partial charge in [0.25, 0.3) is 5.91 Å². The molecule has 3 heterocycles. The average molecular weight is 525 g/mol. The number of rotatable bonds is 8. The molecule has 0 spiro atoms. The van der Waals surface area contributed by atoms with Gasteiger partial charge in [-0.25, -0.2) is 9.97 Å². The van der Waals surface area contributed by atoms with E-state index in [4.69, 9.17) is 0 Å². The molecule has 6 rings (SSSR count). The van der Waals surface area contributed by atoms with Crippen molar-refractivity contribution < 1.29 is 4.79 Å². The maximum atomic E-state index is 12.7. The van der Waals surface area contributed by atoms with E-state index in [2.05, 4.69) is 67.0 Å². The van der Waals surface area contributed by atoms with Gasteiger partial charge < -0.3 is 20.4 Å². The molecule has 2 aromatic carbocycles. The molecule has 0 atom stereocenters. The SMILES string of the molecule is CCN1CCN(c2ccc(Nc3ncnc4c(/C=C/c5ccccc5C(=O)NC5CC5)csc34)cc2)CC1. The van der Waals surface area contributed by atoms with Gasteiger partial charge in [-0.1, -0.05) is 37.3 Å². The summed E-state index contributed by atoms with van der Waals surface area (Å²) >= 11 is 1.62. The van der Waals surface area contributed by atoms with E-state index in [1.165, 1.54) is 5.69 Å². The van der Waals surface area contributed by atoms with Crippen LogP contribution in [0.3, 0.4) is 0 Å². The Bertz CT molecular complexity index is 1450. The Balaban J connectivity index is 1.17. The Kier molecular flexibility index (Phi) is 7.07. The van der Waals surface area contributed by atoms with Crippen molar-refractivity contribution in [3.8, 4) is 0 Å². The lowest BCUT2D eigenvalue weighted by atomic mass is 10.1. The number of thiophene rings is 1. The van der Waals surface area contributed by atoms with Crippen LogP contribution in [0.4, 0.5) is 17.2 Å². The zero-order valence-electron chi connectivity index (χ0n) is 21.6. The van der Waals surface area contributed by atoms with Crippen molar-refractivity contribution >= 4 is 56.8 Å². The normalized spacial score (nSPS) is 16.3. The molecule has 2 aromatic heterocycles. The van der Waals surface area contributed by atoms with Crippen LogP contribution < -0.4 is 15.5 Å². The number of hydrogen-bond donors (Lipinski definition) is 2. The topological polar surface area (TPSA) is 73.4 Å². The number of fused-ring (bicyclic) bond motifs is 1. The number of anilines is 3. The molecule has 1 amide bonds. The zero-order valence-corrected chi connectivity index (χ0v) is 22.4. The van der Waals surface area contributed by atoms with E-state index in [9.17, 15) is 4.79 Å². The highest BCUT2D eigenvalue weighted by atomic mass is 32.1. The fourth-order valence-corrected chi connectivity index (χ4v) is 5.74. The summed E-state index contributed by atoms with van der Waals surface area (Å²) in [6.07, 6.45) is 7.78. The molecular formula is C30H32N6OS. The molecule has 0 radical (unpaired) electrons. The first kappa shape index (κ1) is 24.6. The van der Waals surface area contributed by atoms with Crippen molar-refractivity contribution in [2.24, 2.45) is 0 Å². The minimum Gasteiger partial charge on any atom is -0.369 e. The third-order valence-corrected chi connectivity index (χ3v) is 8.25. The predicted molar refractivity (Wildman–Crippen MR) is 157 cm³/mol. The fourth-order valence-electron chi connectivity index (χ4n) is 4.81. The maximum absolute atomic E-state index is 12.7. The Morgan fingerprint density at radius 3 is 2.53 bits per heavy atom. The van der Waals surface area contributed by atoms with Gasteiger partial charge in [0.2, 0.25) is 0 Å². The van der Waals surface area contributed by atoms with Crippen LogP contribution in [0.5, 0.6) is 0 Å². The highest BCUT2D eigenvalue weighted by molar-refractivity contribution is 7.18. The van der Waals surface area contributed by atoms with Gasteiger partial charge in [-0.05, 0) is 55.3 Å². The summed E-state index contributed by atoms with van der Waals surface area (Å²) in [5, 5.41) is 8.66. The van der Waals surface area contributed by atoms with E-state index >= 15 is 0 Å². The maximum Gasteiger partial charge on any atom is 0.252 e. The number of nitrogens with zero attached hydrogens (tertiary/aromatic N) is 4. The smallest absolute Gasteiger partial charge is 0.252 e. The number of likely N-dealkylation sites (N-methyl/N-ethyl adjacent to an activating group) is 1. The van der Waals surface area contributed by atoms with E-state index in [1.54, 1.807) is 17.7 Å². The summed E-state index contributed by atoms with van der Waals surface area (Å²) in [6, 6.07) is 16.6. The van der Waals surface area contributed by atoms with Gasteiger partial charge in [-0.15, -0.1) is 11.3 Å². The third-order valence-electron chi connectivity index (χ3n) is 7.26. The number of nitrogens with one attached hydrogen (secondary N) is 2. The molecule has 1 aliphatic carbocycles. The second-order valence-electron chi connectivity index (χ2n) is 9.85. The van der Waals surface area contributed by atoms with Crippen LogP contribution in [-0.4, -0.2) is 59.5 Å². The first-order chi connectivity index (χ1) is 18.7. The molecule has 0 unspecified atom stereocenters. The van der Waals surface area contributed by atoms with E-state index < -0.39 is 0 Å². The van der Waals surface area contributed by atoms with Crippen LogP contribution in [0.15, 0.2) is 60.2 Å². The minimum atomic E-state index is -0.00836. The van der Waals surface area contributed by atoms with Crippen molar-refractivity contribution in [1.29, 1.82) is 0 Å². The van der Waals surface area contributed by atoms with Gasteiger partial charge in [0.05, 0.1) is 10.2 Å². The van der Waals surface area contributed by atoms with Crippen molar-refractivity contribution in [1.82, 2.24) is 20.2 Å². The number of aromatic nitrogens is 2. The summed E-state index contributed by atoms with van der Waals surface area (Å²) in [5.41, 5.74) is 5.76. The van der Waals surface area contributed by atoms with Crippen LogP contribution in [0.2, 0.25) is 0 Å². The minimum absolute atomic E-state index is 0.00836. The third kappa shape index (κ3) is 5.42. The molecular weight excluding hydrogens is 492 g/mol. The van der Waals surface area contributed by atoms with Crippen LogP contribution in [0.25, 0.3) is 22.4 Å². The van der Waals surface area contributed by atoms with E-state index in [-0.39, 0.29) is 5.91 Å². The van der Waals surface area contributed by atoms with Gasteiger partial charge in [-0.2, -0.15) is 0 Å². The van der Waals surface area contributed by atoms with Crippen molar-refractivity contribution in [2.75, 3.05) is 42.9 Å². The van der Waals surface area contributed by atoms with Crippen LogP contribution in [0, 0.1) is 0 Å². The molecule has 7 nitrogen and oxygen atoms in total. The molecule has 1 saturated carbocycles. The largest absolute Gasteiger partial charge is 0.369 e. The van der Waals surface area contributed by atoms with Crippen LogP contribution in [-0.2, 0) is 0 Å². The molecule has 38 heavy (non-hydrogen) atoms. The molecule has 0 bridgehead atoms. The van der Waals surface area contributed by atoms with Crippen molar-refractivity contribution in [3.63, 3.8) is 0 Å². The average Bonchev–Trinajstić information content (AvgIpc) is 3.68. The molecule has 1 saturated heterocycles. The van der Waals surface area contributed by atoms with Gasteiger partial charge in [-0.3, -0.25) is 4.79 Å². The molecule has 4 aromatic rings. The van der Waals surface area contributed by atoms with Gasteiger partial charge in [0.15, 0.2) is 5.82 Å². The lowest BCUT2D eigenvalue weighted by molar-refractivity contribution is 0.0951. The molecule has 2 fully saturated rings. The molecule has 2 aliphatic rings. The second-order valence-corrected chi connectivity index (χ2v) is 10.7. The number of hydrogen-bond acceptors (Lipinski definition) is 7. The highest BCUT2D eigenvalue weighted by Gasteiger charge is 2.24. The second kappa shape index (κ2) is 10.9. The Morgan fingerprint density at radius 2 is 1.76 bits per heavy atom. The standard InChI is InChI=1S/C30H32N6OS/c1-2-35-15-17-36(18-16-35)25-13-11-23(12-14-25)33-29-28-27(31-20-32-29)22(19-38-28)8-7-21-5-3-4-6-26(21)30(37)34-24-9-10-24/h3-8,11-14,19-20,24H,2,9-10,15-18H2,1H3,(H,34,37)(H,31,32,33)/b8-7+. The number of piperazine rings is 1. The lowest BCUT2D eigenvalue weighted by Gasteiger charge is -2.35. The number of benzene rings is 2. The fraction of sp³-hybridized carbons (Fsp3) is 0.300. The lowest BCUT2D eigenvalue weighted by Crippen LogP contribution is -2.46. The van der Waals surface area contributed by atoms with Crippen LogP contribution >= 0.6 is 11.3 Å². The zero-order chi connectivity index (χ0) is 25.9. The molecule has 8 heteroatoms. The molecule has 194 valence electrons. The van der Waals surface area contributed by atoms with Crippen LogP contribution in [0.1, 0.15) is 41.3 Å². The first-order valence-corrected chi connectivity index (χ1v) is 14.2. The highest BCUT2D eigenvalue weighted by Crippen LogP contribution is 2.32.